The maximum atomic E-state index is 9.14. The fraction of sp³-hybridized carbons (Fsp3) is 0.571. The minimum absolute atomic E-state index is 0.174. The van der Waals surface area contributed by atoms with Gasteiger partial charge in [0.15, 0.2) is 5.75 Å². The Kier molecular flexibility index (Phi) is 3.55. The highest BCUT2D eigenvalue weighted by Crippen LogP contribution is 2.22. The van der Waals surface area contributed by atoms with Crippen LogP contribution in [0.1, 0.15) is 6.42 Å². The Labute approximate surface area is 79.3 Å². The smallest absolute Gasteiger partial charge is 0.168 e. The fourth-order valence-corrected chi connectivity index (χ4v) is 1.25. The van der Waals surface area contributed by atoms with E-state index in [1.165, 1.54) is 6.20 Å². The van der Waals surface area contributed by atoms with Gasteiger partial charge in [0, 0.05) is 20.3 Å². The Morgan fingerprint density at radius 2 is 2.50 bits per heavy atom. The van der Waals surface area contributed by atoms with Crippen LogP contribution < -0.4 is 0 Å². The number of rotatable bonds is 4. The van der Waals surface area contributed by atoms with Crippen LogP contribution in [-0.4, -0.2) is 28.6 Å². The predicted octanol–water partition coefficient (Wildman–Crippen LogP) is 1.39. The van der Waals surface area contributed by atoms with Gasteiger partial charge in [-0.2, -0.15) is 5.10 Å². The van der Waals surface area contributed by atoms with E-state index in [0.29, 0.717) is 11.2 Å². The Bertz CT molecular complexity index is 250. The van der Waals surface area contributed by atoms with Gasteiger partial charge >= 0.3 is 0 Å². The van der Waals surface area contributed by atoms with Crippen LogP contribution in [0.15, 0.2) is 10.8 Å². The van der Waals surface area contributed by atoms with Crippen molar-refractivity contribution in [2.24, 2.45) is 0 Å². The lowest BCUT2D eigenvalue weighted by Gasteiger charge is -2.01. The number of aromatic nitrogens is 2. The van der Waals surface area contributed by atoms with Crippen molar-refractivity contribution in [2.45, 2.75) is 13.0 Å². The molecule has 0 aliphatic rings. The second-order valence-electron chi connectivity index (χ2n) is 2.39. The summed E-state index contributed by atoms with van der Waals surface area (Å²) < 4.78 is 7.20. The third-order valence-electron chi connectivity index (χ3n) is 1.48. The van der Waals surface area contributed by atoms with Crippen LogP contribution >= 0.6 is 15.9 Å². The van der Waals surface area contributed by atoms with Gasteiger partial charge in [-0.1, -0.05) is 0 Å². The molecule has 0 atom stereocenters. The maximum Gasteiger partial charge on any atom is 0.168 e. The summed E-state index contributed by atoms with van der Waals surface area (Å²) >= 11 is 3.21. The van der Waals surface area contributed by atoms with Crippen LogP contribution in [0.5, 0.6) is 5.75 Å². The van der Waals surface area contributed by atoms with E-state index in [4.69, 9.17) is 9.84 Å². The second kappa shape index (κ2) is 4.47. The Balaban J connectivity index is 2.46. The first-order valence-corrected chi connectivity index (χ1v) is 4.44. The van der Waals surface area contributed by atoms with Crippen molar-refractivity contribution in [3.8, 4) is 5.75 Å². The molecule has 0 fully saturated rings. The van der Waals surface area contributed by atoms with Crippen molar-refractivity contribution in [3.05, 3.63) is 10.8 Å². The van der Waals surface area contributed by atoms with Crippen LogP contribution in [0.25, 0.3) is 0 Å². The lowest BCUT2D eigenvalue weighted by molar-refractivity contribution is 0.188. The summed E-state index contributed by atoms with van der Waals surface area (Å²) in [5.41, 5.74) is 0. The fourth-order valence-electron chi connectivity index (χ4n) is 0.875. The lowest BCUT2D eigenvalue weighted by atomic mass is 10.4. The summed E-state index contributed by atoms with van der Waals surface area (Å²) in [6.07, 6.45) is 2.30. The molecule has 0 saturated carbocycles. The quantitative estimate of drug-likeness (QED) is 0.802. The number of aryl methyl sites for hydroxylation is 1. The topological polar surface area (TPSA) is 47.3 Å². The van der Waals surface area contributed by atoms with Gasteiger partial charge in [0.2, 0.25) is 0 Å². The largest absolute Gasteiger partial charge is 0.504 e. The Morgan fingerprint density at radius 3 is 3.00 bits per heavy atom. The highest BCUT2D eigenvalue weighted by molar-refractivity contribution is 9.10. The monoisotopic (exact) mass is 234 g/mol. The number of ether oxygens (including phenoxy) is 1. The van der Waals surface area contributed by atoms with Crippen LogP contribution in [-0.2, 0) is 11.3 Å². The van der Waals surface area contributed by atoms with Crippen molar-refractivity contribution in [2.75, 3.05) is 13.7 Å². The third kappa shape index (κ3) is 2.22. The minimum Gasteiger partial charge on any atom is -0.504 e. The number of hydrogen-bond acceptors (Lipinski definition) is 3. The van der Waals surface area contributed by atoms with Crippen molar-refractivity contribution < 1.29 is 9.84 Å². The number of hydrogen-bond donors (Lipinski definition) is 1. The first-order chi connectivity index (χ1) is 5.75. The van der Waals surface area contributed by atoms with Gasteiger partial charge in [0.1, 0.15) is 4.60 Å². The molecule has 0 spiro atoms. The van der Waals surface area contributed by atoms with Gasteiger partial charge in [-0.05, 0) is 22.4 Å². The van der Waals surface area contributed by atoms with Crippen LogP contribution in [0.2, 0.25) is 0 Å². The van der Waals surface area contributed by atoms with E-state index in [-0.39, 0.29) is 5.75 Å². The molecule has 0 aromatic carbocycles. The lowest BCUT2D eigenvalue weighted by Crippen LogP contribution is -2.02. The SMILES string of the molecule is COCCCn1ncc(O)c1Br. The molecular weight excluding hydrogens is 224 g/mol. The van der Waals surface area contributed by atoms with Crippen LogP contribution in [0.4, 0.5) is 0 Å². The van der Waals surface area contributed by atoms with Crippen LogP contribution in [0.3, 0.4) is 0 Å². The first-order valence-electron chi connectivity index (χ1n) is 3.65. The molecule has 0 aliphatic heterocycles. The van der Waals surface area contributed by atoms with Crippen molar-refractivity contribution in [1.82, 2.24) is 9.78 Å². The average molecular weight is 235 g/mol. The van der Waals surface area contributed by atoms with E-state index < -0.39 is 0 Å². The Hall–Kier alpha value is -0.550. The second-order valence-corrected chi connectivity index (χ2v) is 3.14. The molecule has 0 radical (unpaired) electrons. The van der Waals surface area contributed by atoms with E-state index in [1.807, 2.05) is 0 Å². The molecule has 1 rings (SSSR count). The maximum absolute atomic E-state index is 9.14. The number of methoxy groups -OCH3 is 1. The zero-order valence-electron chi connectivity index (χ0n) is 6.83. The van der Waals surface area contributed by atoms with Gasteiger partial charge < -0.3 is 9.84 Å². The molecule has 0 amide bonds. The molecule has 1 aromatic heterocycles. The highest BCUT2D eigenvalue weighted by Gasteiger charge is 2.04. The van der Waals surface area contributed by atoms with Gasteiger partial charge in [0.25, 0.3) is 0 Å². The zero-order valence-corrected chi connectivity index (χ0v) is 8.41. The van der Waals surface area contributed by atoms with Crippen LogP contribution in [0, 0.1) is 0 Å². The van der Waals surface area contributed by atoms with Crippen molar-refractivity contribution in [3.63, 3.8) is 0 Å². The highest BCUT2D eigenvalue weighted by atomic mass is 79.9. The summed E-state index contributed by atoms with van der Waals surface area (Å²) in [4.78, 5) is 0. The molecule has 0 bridgehead atoms. The molecule has 0 unspecified atom stereocenters. The van der Waals surface area contributed by atoms with Gasteiger partial charge in [-0.15, -0.1) is 0 Å². The summed E-state index contributed by atoms with van der Waals surface area (Å²) in [7, 11) is 1.66. The molecule has 5 heteroatoms. The van der Waals surface area contributed by atoms with Gasteiger partial charge in [-0.25, -0.2) is 0 Å². The molecule has 1 aromatic rings. The summed E-state index contributed by atoms with van der Waals surface area (Å²) in [6.45, 7) is 1.45. The van der Waals surface area contributed by atoms with E-state index in [0.717, 1.165) is 13.0 Å². The van der Waals surface area contributed by atoms with Gasteiger partial charge in [0.05, 0.1) is 6.20 Å². The van der Waals surface area contributed by atoms with Crippen molar-refractivity contribution in [1.29, 1.82) is 0 Å². The average Bonchev–Trinajstić information content (AvgIpc) is 2.36. The molecule has 1 heterocycles. The van der Waals surface area contributed by atoms with E-state index in [1.54, 1.807) is 11.8 Å². The molecule has 1 N–H and O–H groups in total. The normalized spacial score (nSPS) is 10.5. The van der Waals surface area contributed by atoms with E-state index in [9.17, 15) is 0 Å². The number of halogens is 1. The molecular formula is C7H11BrN2O2. The van der Waals surface area contributed by atoms with Gasteiger partial charge in [-0.3, -0.25) is 4.68 Å². The number of nitrogens with zero attached hydrogens (tertiary/aromatic N) is 2. The van der Waals surface area contributed by atoms with Crippen molar-refractivity contribution >= 4 is 15.9 Å². The molecule has 12 heavy (non-hydrogen) atoms. The predicted molar refractivity (Wildman–Crippen MR) is 48.1 cm³/mol. The first kappa shape index (κ1) is 9.54. The third-order valence-corrected chi connectivity index (χ3v) is 2.29. The summed E-state index contributed by atoms with van der Waals surface area (Å²) in [6, 6.07) is 0. The van der Waals surface area contributed by atoms with E-state index >= 15 is 0 Å². The minimum atomic E-state index is 0.174. The molecule has 4 nitrogen and oxygen atoms in total. The molecule has 68 valence electrons. The summed E-state index contributed by atoms with van der Waals surface area (Å²) in [5, 5.41) is 13.1. The number of aromatic hydroxyl groups is 1. The molecule has 0 aliphatic carbocycles. The standard InChI is InChI=1S/C7H11BrN2O2/c1-12-4-2-3-10-7(8)6(11)5-9-10/h5,11H,2-4H2,1H3. The zero-order chi connectivity index (χ0) is 8.97. The summed E-state index contributed by atoms with van der Waals surface area (Å²) in [5.74, 6) is 0.174. The molecule has 0 saturated heterocycles. The van der Waals surface area contributed by atoms with E-state index in [2.05, 4.69) is 21.0 Å². The Morgan fingerprint density at radius 1 is 1.75 bits per heavy atom.